The van der Waals surface area contributed by atoms with Gasteiger partial charge in [-0.05, 0) is 79.4 Å². The number of hydrogen-bond acceptors (Lipinski definition) is 3. The maximum atomic E-state index is 12.7. The number of nitrogens with zero attached hydrogens (tertiary/aromatic N) is 1. The van der Waals surface area contributed by atoms with Crippen LogP contribution in [0.5, 0.6) is 0 Å². The number of aromatic amines is 1. The number of hydrogen-bond donors (Lipinski definition) is 3. The number of imidazole rings is 1. The molecule has 4 aromatic rings. The molecule has 0 aliphatic carbocycles. The maximum Gasteiger partial charge on any atom is 0.255 e. The number of aromatic nitrogens is 2. The van der Waals surface area contributed by atoms with E-state index in [-0.39, 0.29) is 11.8 Å². The molecule has 1 heterocycles. The van der Waals surface area contributed by atoms with Gasteiger partial charge in [0.25, 0.3) is 5.91 Å². The molecular formula is C27H28N4O2. The Kier molecular flexibility index (Phi) is 6.54. The molecule has 0 radical (unpaired) electrons. The summed E-state index contributed by atoms with van der Waals surface area (Å²) in [4.78, 5) is 32.2. The lowest BCUT2D eigenvalue weighted by molar-refractivity contribution is -0.115. The van der Waals surface area contributed by atoms with Crippen molar-refractivity contribution in [2.24, 2.45) is 0 Å². The minimum absolute atomic E-state index is 0.00655. The molecule has 0 aliphatic rings. The standard InChI is InChI=1S/C27H28N4O2/c1-4-26(32)28-21-9-5-19(6-10-21)7-12-25-30-23-11-8-20(16-24(23)31-25)27(33)29-22-14-17(2)13-18(3)15-22/h5-6,8-11,13-16H,4,7,12H2,1-3H3,(H,28,32)(H,29,33)(H,30,31). The second-order valence-corrected chi connectivity index (χ2v) is 8.34. The number of aryl methyl sites for hydroxylation is 4. The first-order valence-corrected chi connectivity index (χ1v) is 11.2. The van der Waals surface area contributed by atoms with Crippen LogP contribution >= 0.6 is 0 Å². The van der Waals surface area contributed by atoms with Crippen LogP contribution in [0.3, 0.4) is 0 Å². The Bertz CT molecular complexity index is 1290. The van der Waals surface area contributed by atoms with Gasteiger partial charge in [-0.2, -0.15) is 0 Å². The molecule has 33 heavy (non-hydrogen) atoms. The summed E-state index contributed by atoms with van der Waals surface area (Å²) in [6.07, 6.45) is 2.03. The van der Waals surface area contributed by atoms with E-state index in [0.29, 0.717) is 12.0 Å². The van der Waals surface area contributed by atoms with Gasteiger partial charge in [0.1, 0.15) is 5.82 Å². The zero-order chi connectivity index (χ0) is 23.4. The fourth-order valence-electron chi connectivity index (χ4n) is 3.84. The SMILES string of the molecule is CCC(=O)Nc1ccc(CCc2nc3ccc(C(=O)Nc4cc(C)cc(C)c4)cc3[nH]2)cc1. The van der Waals surface area contributed by atoms with Gasteiger partial charge in [0.05, 0.1) is 11.0 Å². The number of rotatable bonds is 7. The van der Waals surface area contributed by atoms with Gasteiger partial charge in [-0.3, -0.25) is 9.59 Å². The van der Waals surface area contributed by atoms with Crippen LogP contribution in [0.15, 0.2) is 60.7 Å². The summed E-state index contributed by atoms with van der Waals surface area (Å²) in [7, 11) is 0. The molecule has 0 unspecified atom stereocenters. The average Bonchev–Trinajstić information content (AvgIpc) is 3.20. The van der Waals surface area contributed by atoms with E-state index in [1.54, 1.807) is 6.07 Å². The molecule has 0 saturated heterocycles. The molecule has 168 valence electrons. The normalized spacial score (nSPS) is 10.9. The van der Waals surface area contributed by atoms with Crippen molar-refractivity contribution in [2.75, 3.05) is 10.6 Å². The van der Waals surface area contributed by atoms with Crippen molar-refractivity contribution in [3.8, 4) is 0 Å². The van der Waals surface area contributed by atoms with Gasteiger partial charge in [-0.1, -0.05) is 25.1 Å². The zero-order valence-electron chi connectivity index (χ0n) is 19.2. The number of nitrogens with one attached hydrogen (secondary N) is 3. The molecule has 4 rings (SSSR count). The Morgan fingerprint density at radius 3 is 2.27 bits per heavy atom. The Morgan fingerprint density at radius 1 is 0.848 bits per heavy atom. The van der Waals surface area contributed by atoms with E-state index < -0.39 is 0 Å². The molecule has 0 fully saturated rings. The topological polar surface area (TPSA) is 86.9 Å². The van der Waals surface area contributed by atoms with Crippen LogP contribution in [-0.2, 0) is 17.6 Å². The zero-order valence-corrected chi connectivity index (χ0v) is 19.2. The third-order valence-electron chi connectivity index (χ3n) is 5.48. The van der Waals surface area contributed by atoms with Crippen LogP contribution in [0.4, 0.5) is 11.4 Å². The molecule has 0 atom stereocenters. The summed E-state index contributed by atoms with van der Waals surface area (Å²) >= 11 is 0. The molecule has 3 aromatic carbocycles. The Morgan fingerprint density at radius 2 is 1.58 bits per heavy atom. The first-order chi connectivity index (χ1) is 15.9. The summed E-state index contributed by atoms with van der Waals surface area (Å²) in [5.41, 5.74) is 7.25. The minimum Gasteiger partial charge on any atom is -0.342 e. The monoisotopic (exact) mass is 440 g/mol. The third kappa shape index (κ3) is 5.66. The second-order valence-electron chi connectivity index (χ2n) is 8.34. The summed E-state index contributed by atoms with van der Waals surface area (Å²) in [6, 6.07) is 19.4. The number of carbonyl (C=O) groups excluding carboxylic acids is 2. The smallest absolute Gasteiger partial charge is 0.255 e. The van der Waals surface area contributed by atoms with Crippen molar-refractivity contribution in [2.45, 2.75) is 40.0 Å². The molecule has 3 N–H and O–H groups in total. The van der Waals surface area contributed by atoms with E-state index >= 15 is 0 Å². The van der Waals surface area contributed by atoms with E-state index in [4.69, 9.17) is 0 Å². The van der Waals surface area contributed by atoms with E-state index in [1.807, 2.05) is 69.3 Å². The van der Waals surface area contributed by atoms with Crippen LogP contribution in [0.2, 0.25) is 0 Å². The fraction of sp³-hybridized carbons (Fsp3) is 0.222. The number of H-pyrrole nitrogens is 1. The van der Waals surface area contributed by atoms with Crippen LogP contribution in [0.25, 0.3) is 11.0 Å². The molecule has 1 aromatic heterocycles. The van der Waals surface area contributed by atoms with E-state index in [2.05, 4.69) is 26.7 Å². The van der Waals surface area contributed by atoms with Crippen LogP contribution in [0.1, 0.15) is 46.2 Å². The lowest BCUT2D eigenvalue weighted by Gasteiger charge is -2.07. The van der Waals surface area contributed by atoms with Crippen molar-refractivity contribution in [3.05, 3.63) is 88.7 Å². The van der Waals surface area contributed by atoms with E-state index in [1.165, 1.54) is 5.56 Å². The molecule has 6 nitrogen and oxygen atoms in total. The van der Waals surface area contributed by atoms with E-state index in [9.17, 15) is 9.59 Å². The van der Waals surface area contributed by atoms with Gasteiger partial charge in [0.2, 0.25) is 5.91 Å². The fourth-order valence-corrected chi connectivity index (χ4v) is 3.84. The number of benzene rings is 3. The van der Waals surface area contributed by atoms with Gasteiger partial charge in [-0.15, -0.1) is 0 Å². The molecular weight excluding hydrogens is 412 g/mol. The number of fused-ring (bicyclic) bond motifs is 1. The highest BCUT2D eigenvalue weighted by Gasteiger charge is 2.10. The van der Waals surface area contributed by atoms with Crippen LogP contribution < -0.4 is 10.6 Å². The Balaban J connectivity index is 1.41. The second kappa shape index (κ2) is 9.69. The third-order valence-corrected chi connectivity index (χ3v) is 5.48. The van der Waals surface area contributed by atoms with Crippen LogP contribution in [-0.4, -0.2) is 21.8 Å². The predicted molar refractivity (Wildman–Crippen MR) is 133 cm³/mol. The summed E-state index contributed by atoms with van der Waals surface area (Å²) in [5, 5.41) is 5.83. The van der Waals surface area contributed by atoms with Crippen molar-refractivity contribution < 1.29 is 9.59 Å². The Hall–Kier alpha value is -3.93. The van der Waals surface area contributed by atoms with Crippen LogP contribution in [0, 0.1) is 13.8 Å². The predicted octanol–water partition coefficient (Wildman–Crippen LogP) is 5.57. The molecule has 2 amide bonds. The van der Waals surface area contributed by atoms with Gasteiger partial charge in [0, 0.05) is 29.8 Å². The lowest BCUT2D eigenvalue weighted by atomic mass is 10.1. The maximum absolute atomic E-state index is 12.7. The number of anilines is 2. The lowest BCUT2D eigenvalue weighted by Crippen LogP contribution is -2.12. The van der Waals surface area contributed by atoms with Gasteiger partial charge in [0.15, 0.2) is 0 Å². The van der Waals surface area contributed by atoms with Crippen molar-refractivity contribution in [3.63, 3.8) is 0 Å². The summed E-state index contributed by atoms with van der Waals surface area (Å²) < 4.78 is 0. The molecule has 0 saturated carbocycles. The highest BCUT2D eigenvalue weighted by Crippen LogP contribution is 2.19. The van der Waals surface area contributed by atoms with Crippen molar-refractivity contribution in [1.82, 2.24) is 9.97 Å². The quantitative estimate of drug-likeness (QED) is 0.351. The summed E-state index contributed by atoms with van der Waals surface area (Å²) in [5.74, 6) is 0.737. The van der Waals surface area contributed by atoms with Gasteiger partial charge in [-0.25, -0.2) is 4.98 Å². The number of amides is 2. The Labute approximate surface area is 193 Å². The largest absolute Gasteiger partial charge is 0.342 e. The molecule has 0 aliphatic heterocycles. The first kappa shape index (κ1) is 22.3. The van der Waals surface area contributed by atoms with Crippen molar-refractivity contribution >= 4 is 34.2 Å². The van der Waals surface area contributed by atoms with Crippen molar-refractivity contribution in [1.29, 1.82) is 0 Å². The highest BCUT2D eigenvalue weighted by molar-refractivity contribution is 6.06. The minimum atomic E-state index is -0.145. The summed E-state index contributed by atoms with van der Waals surface area (Å²) in [6.45, 7) is 5.86. The number of carbonyl (C=O) groups is 2. The molecule has 6 heteroatoms. The molecule has 0 bridgehead atoms. The molecule has 0 spiro atoms. The average molecular weight is 441 g/mol. The van der Waals surface area contributed by atoms with E-state index in [0.717, 1.165) is 52.2 Å². The van der Waals surface area contributed by atoms with Gasteiger partial charge < -0.3 is 15.6 Å². The first-order valence-electron chi connectivity index (χ1n) is 11.2. The highest BCUT2D eigenvalue weighted by atomic mass is 16.2. The van der Waals surface area contributed by atoms with Gasteiger partial charge >= 0.3 is 0 Å².